The molecule has 30 heavy (non-hydrogen) atoms. The third-order valence-corrected chi connectivity index (χ3v) is 5.17. The predicted molar refractivity (Wildman–Crippen MR) is 111 cm³/mol. The van der Waals surface area contributed by atoms with Crippen molar-refractivity contribution >= 4 is 34.7 Å². The van der Waals surface area contributed by atoms with Crippen molar-refractivity contribution in [1.29, 1.82) is 0 Å². The molecule has 6 nitrogen and oxygen atoms in total. The quantitative estimate of drug-likeness (QED) is 0.370. The van der Waals surface area contributed by atoms with Gasteiger partial charge in [0.25, 0.3) is 17.0 Å². The van der Waals surface area contributed by atoms with E-state index < -0.39 is 17.6 Å². The standard InChI is InChI=1S/C22H16FN3O3S/c23-17-10-4-3-9-16(17)21(28)26-25-20(27)15-8-2-1-7-14(15)13-30-22-24-18-11-5-6-12-19(18)29-22/h1-12H,13H2,(H,25,27)(H,26,28). The highest BCUT2D eigenvalue weighted by atomic mass is 32.2. The van der Waals surface area contributed by atoms with Crippen LogP contribution in [0.3, 0.4) is 0 Å². The minimum Gasteiger partial charge on any atom is -0.431 e. The van der Waals surface area contributed by atoms with Crippen LogP contribution in [0, 0.1) is 5.82 Å². The zero-order valence-electron chi connectivity index (χ0n) is 15.6. The second-order valence-electron chi connectivity index (χ2n) is 6.28. The zero-order chi connectivity index (χ0) is 20.9. The number of oxazole rings is 1. The third kappa shape index (κ3) is 4.33. The highest BCUT2D eigenvalue weighted by Gasteiger charge is 2.15. The summed E-state index contributed by atoms with van der Waals surface area (Å²) < 4.78 is 19.4. The SMILES string of the molecule is O=C(NNC(=O)c1ccccc1CSc1nc2ccccc2o1)c1ccccc1F. The predicted octanol–water partition coefficient (Wildman–Crippen LogP) is 4.33. The van der Waals surface area contributed by atoms with Gasteiger partial charge in [0.05, 0.1) is 5.56 Å². The van der Waals surface area contributed by atoms with Crippen molar-refractivity contribution in [1.82, 2.24) is 15.8 Å². The number of hydrogen-bond acceptors (Lipinski definition) is 5. The summed E-state index contributed by atoms with van der Waals surface area (Å²) in [6.07, 6.45) is 0. The molecule has 0 bridgehead atoms. The number of carbonyl (C=O) groups is 2. The molecule has 3 aromatic carbocycles. The van der Waals surface area contributed by atoms with Crippen LogP contribution in [-0.4, -0.2) is 16.8 Å². The average Bonchev–Trinajstić information content (AvgIpc) is 3.19. The number of amides is 2. The van der Waals surface area contributed by atoms with Gasteiger partial charge in [0.1, 0.15) is 11.3 Å². The summed E-state index contributed by atoms with van der Waals surface area (Å²) in [5, 5.41) is 0.499. The highest BCUT2D eigenvalue weighted by Crippen LogP contribution is 2.27. The number of hydrazine groups is 1. The minimum absolute atomic E-state index is 0.155. The van der Waals surface area contributed by atoms with Gasteiger partial charge in [-0.2, -0.15) is 0 Å². The molecule has 0 aliphatic heterocycles. The van der Waals surface area contributed by atoms with Gasteiger partial charge in [-0.25, -0.2) is 9.37 Å². The van der Waals surface area contributed by atoms with Crippen molar-refractivity contribution < 1.29 is 18.4 Å². The molecule has 1 aromatic heterocycles. The molecule has 0 atom stereocenters. The maximum absolute atomic E-state index is 13.7. The molecule has 2 amide bonds. The zero-order valence-corrected chi connectivity index (χ0v) is 16.4. The van der Waals surface area contributed by atoms with Gasteiger partial charge in [0, 0.05) is 11.3 Å². The first-order chi connectivity index (χ1) is 14.6. The van der Waals surface area contributed by atoms with Crippen molar-refractivity contribution in [3.05, 3.63) is 95.3 Å². The molecular weight excluding hydrogens is 405 g/mol. The van der Waals surface area contributed by atoms with E-state index in [2.05, 4.69) is 15.8 Å². The number of benzene rings is 3. The lowest BCUT2D eigenvalue weighted by Crippen LogP contribution is -2.42. The Morgan fingerprint density at radius 1 is 0.867 bits per heavy atom. The number of hydrogen-bond donors (Lipinski definition) is 2. The first-order valence-corrected chi connectivity index (χ1v) is 10.0. The number of para-hydroxylation sites is 2. The molecule has 0 fully saturated rings. The van der Waals surface area contributed by atoms with E-state index in [-0.39, 0.29) is 5.56 Å². The van der Waals surface area contributed by atoms with Crippen LogP contribution in [0.5, 0.6) is 0 Å². The highest BCUT2D eigenvalue weighted by molar-refractivity contribution is 7.98. The second kappa shape index (κ2) is 8.79. The number of nitrogens with one attached hydrogen (secondary N) is 2. The number of rotatable bonds is 5. The van der Waals surface area contributed by atoms with Crippen LogP contribution in [0.1, 0.15) is 26.3 Å². The molecule has 0 aliphatic carbocycles. The normalized spacial score (nSPS) is 10.7. The molecule has 4 aromatic rings. The molecule has 8 heteroatoms. The van der Waals surface area contributed by atoms with Gasteiger partial charge < -0.3 is 4.42 Å². The van der Waals surface area contributed by atoms with Crippen LogP contribution < -0.4 is 10.9 Å². The monoisotopic (exact) mass is 421 g/mol. The largest absolute Gasteiger partial charge is 0.431 e. The van der Waals surface area contributed by atoms with Gasteiger partial charge in [0.2, 0.25) is 0 Å². The summed E-state index contributed by atoms with van der Waals surface area (Å²) in [7, 11) is 0. The molecule has 0 aliphatic rings. The number of nitrogens with zero attached hydrogens (tertiary/aromatic N) is 1. The molecular formula is C22H16FN3O3S. The Morgan fingerprint density at radius 3 is 2.27 bits per heavy atom. The number of thioether (sulfide) groups is 1. The summed E-state index contributed by atoms with van der Waals surface area (Å²) in [5.41, 5.74) is 7.00. The van der Waals surface area contributed by atoms with E-state index in [4.69, 9.17) is 4.42 Å². The van der Waals surface area contributed by atoms with Crippen molar-refractivity contribution in [2.24, 2.45) is 0 Å². The summed E-state index contributed by atoms with van der Waals surface area (Å²) >= 11 is 1.36. The van der Waals surface area contributed by atoms with E-state index in [0.717, 1.165) is 11.1 Å². The Morgan fingerprint density at radius 2 is 1.50 bits per heavy atom. The molecule has 150 valence electrons. The van der Waals surface area contributed by atoms with Crippen LogP contribution in [0.4, 0.5) is 4.39 Å². The lowest BCUT2D eigenvalue weighted by atomic mass is 10.1. The summed E-state index contributed by atoms with van der Waals surface area (Å²) in [6.45, 7) is 0. The molecule has 0 saturated carbocycles. The van der Waals surface area contributed by atoms with Crippen LogP contribution in [0.25, 0.3) is 11.1 Å². The lowest BCUT2D eigenvalue weighted by molar-refractivity contribution is 0.0844. The topological polar surface area (TPSA) is 84.2 Å². The van der Waals surface area contributed by atoms with Gasteiger partial charge >= 0.3 is 0 Å². The molecule has 1 heterocycles. The Balaban J connectivity index is 1.42. The van der Waals surface area contributed by atoms with Gasteiger partial charge in [-0.1, -0.05) is 54.2 Å². The fourth-order valence-electron chi connectivity index (χ4n) is 2.81. The smallest absolute Gasteiger partial charge is 0.272 e. The number of fused-ring (bicyclic) bond motifs is 1. The van der Waals surface area contributed by atoms with Crippen molar-refractivity contribution in [2.75, 3.05) is 0 Å². The van der Waals surface area contributed by atoms with E-state index in [9.17, 15) is 14.0 Å². The Bertz CT molecular complexity index is 1190. The molecule has 0 saturated heterocycles. The van der Waals surface area contributed by atoms with Crippen LogP contribution in [-0.2, 0) is 5.75 Å². The fourth-order valence-corrected chi connectivity index (χ4v) is 3.66. The first-order valence-electron chi connectivity index (χ1n) is 9.03. The second-order valence-corrected chi connectivity index (χ2v) is 7.21. The minimum atomic E-state index is -0.736. The number of halogens is 1. The Labute approximate surface area is 175 Å². The first kappa shape index (κ1) is 19.7. The van der Waals surface area contributed by atoms with Gasteiger partial charge in [0.15, 0.2) is 5.58 Å². The molecule has 4 rings (SSSR count). The van der Waals surface area contributed by atoms with Crippen LogP contribution in [0.15, 0.2) is 82.4 Å². The number of carbonyl (C=O) groups excluding carboxylic acids is 2. The van der Waals surface area contributed by atoms with Gasteiger partial charge in [-0.15, -0.1) is 0 Å². The summed E-state index contributed by atoms with van der Waals surface area (Å²) in [6, 6.07) is 20.0. The van der Waals surface area contributed by atoms with Crippen LogP contribution >= 0.6 is 11.8 Å². The van der Waals surface area contributed by atoms with E-state index in [1.807, 2.05) is 36.4 Å². The molecule has 0 spiro atoms. The lowest BCUT2D eigenvalue weighted by Gasteiger charge is -2.11. The van der Waals surface area contributed by atoms with Crippen molar-refractivity contribution in [3.63, 3.8) is 0 Å². The molecule has 0 unspecified atom stereocenters. The maximum atomic E-state index is 13.7. The van der Waals surface area contributed by atoms with Crippen molar-refractivity contribution in [3.8, 4) is 0 Å². The van der Waals surface area contributed by atoms with E-state index in [0.29, 0.717) is 22.1 Å². The Hall–Kier alpha value is -3.65. The van der Waals surface area contributed by atoms with E-state index >= 15 is 0 Å². The van der Waals surface area contributed by atoms with Crippen LogP contribution in [0.2, 0.25) is 0 Å². The van der Waals surface area contributed by atoms with Gasteiger partial charge in [-0.05, 0) is 35.9 Å². The Kier molecular flexibility index (Phi) is 5.76. The van der Waals surface area contributed by atoms with E-state index in [1.165, 1.54) is 30.0 Å². The fraction of sp³-hybridized carbons (Fsp3) is 0.0455. The molecule has 0 radical (unpaired) electrons. The summed E-state index contributed by atoms with van der Waals surface area (Å²) in [5.74, 6) is -1.47. The van der Waals surface area contributed by atoms with Crippen molar-refractivity contribution in [2.45, 2.75) is 11.0 Å². The van der Waals surface area contributed by atoms with E-state index in [1.54, 1.807) is 18.2 Å². The maximum Gasteiger partial charge on any atom is 0.272 e. The third-order valence-electron chi connectivity index (χ3n) is 4.30. The average molecular weight is 421 g/mol. The molecule has 2 N–H and O–H groups in total. The summed E-state index contributed by atoms with van der Waals surface area (Å²) in [4.78, 5) is 29.1. The van der Waals surface area contributed by atoms with Gasteiger partial charge in [-0.3, -0.25) is 20.4 Å². The number of aromatic nitrogens is 1.